The molecule has 3 aromatic rings. The molecule has 1 amide bonds. The highest BCUT2D eigenvalue weighted by molar-refractivity contribution is 6.30. The van der Waals surface area contributed by atoms with Gasteiger partial charge in [-0.05, 0) is 37.1 Å². The molecule has 0 bridgehead atoms. The average molecular weight is 381 g/mol. The summed E-state index contributed by atoms with van der Waals surface area (Å²) in [5, 5.41) is 6.82. The Labute approximate surface area is 163 Å². The van der Waals surface area contributed by atoms with E-state index in [0.717, 1.165) is 11.1 Å². The smallest absolute Gasteiger partial charge is 0.270 e. The van der Waals surface area contributed by atoms with E-state index in [4.69, 9.17) is 11.6 Å². The summed E-state index contributed by atoms with van der Waals surface area (Å²) < 4.78 is 0. The lowest BCUT2D eigenvalue weighted by Crippen LogP contribution is -2.24. The van der Waals surface area contributed by atoms with E-state index in [1.54, 1.807) is 13.0 Å². The van der Waals surface area contributed by atoms with Gasteiger partial charge in [0.1, 0.15) is 17.3 Å². The Morgan fingerprint density at radius 3 is 2.26 bits per heavy atom. The molecule has 0 fully saturated rings. The molecule has 0 radical (unpaired) electrons. The van der Waals surface area contributed by atoms with Gasteiger partial charge in [0.2, 0.25) is 0 Å². The molecule has 138 valence electrons. The summed E-state index contributed by atoms with van der Waals surface area (Å²) in [7, 11) is 0. The van der Waals surface area contributed by atoms with Crippen molar-refractivity contribution in [1.82, 2.24) is 15.3 Å². The molecule has 0 aliphatic heterocycles. The van der Waals surface area contributed by atoms with Crippen molar-refractivity contribution in [2.75, 3.05) is 5.32 Å². The molecule has 27 heavy (non-hydrogen) atoms. The van der Waals surface area contributed by atoms with Crippen LogP contribution in [-0.4, -0.2) is 15.9 Å². The van der Waals surface area contributed by atoms with Gasteiger partial charge in [0, 0.05) is 24.2 Å². The zero-order chi connectivity index (χ0) is 19.2. The first-order valence-corrected chi connectivity index (χ1v) is 9.05. The number of hydrogen-bond donors (Lipinski definition) is 2. The lowest BCUT2D eigenvalue weighted by atomic mass is 10.1. The van der Waals surface area contributed by atoms with E-state index in [0.29, 0.717) is 35.4 Å². The minimum absolute atomic E-state index is 0.226. The van der Waals surface area contributed by atoms with Crippen molar-refractivity contribution in [2.24, 2.45) is 0 Å². The largest absolute Gasteiger partial charge is 0.366 e. The van der Waals surface area contributed by atoms with E-state index in [1.807, 2.05) is 55.5 Å². The van der Waals surface area contributed by atoms with Gasteiger partial charge in [-0.25, -0.2) is 9.97 Å². The molecule has 2 aromatic carbocycles. The summed E-state index contributed by atoms with van der Waals surface area (Å²) in [6.07, 6.45) is 0. The van der Waals surface area contributed by atoms with Crippen LogP contribution < -0.4 is 10.6 Å². The predicted molar refractivity (Wildman–Crippen MR) is 108 cm³/mol. The highest BCUT2D eigenvalue weighted by Crippen LogP contribution is 2.12. The van der Waals surface area contributed by atoms with Crippen LogP contribution in [0.15, 0.2) is 54.6 Å². The number of nitrogens with one attached hydrogen (secondary N) is 2. The number of amides is 1. The monoisotopic (exact) mass is 380 g/mol. The fraction of sp³-hybridized carbons (Fsp3) is 0.190. The molecule has 1 aromatic heterocycles. The second-order valence-corrected chi connectivity index (χ2v) is 6.77. The average Bonchev–Trinajstić information content (AvgIpc) is 2.66. The van der Waals surface area contributed by atoms with Crippen LogP contribution in [0.2, 0.25) is 5.02 Å². The van der Waals surface area contributed by atoms with Crippen molar-refractivity contribution in [3.63, 3.8) is 0 Å². The van der Waals surface area contributed by atoms with Crippen LogP contribution in [0.4, 0.5) is 5.82 Å². The van der Waals surface area contributed by atoms with Crippen molar-refractivity contribution in [3.05, 3.63) is 87.8 Å². The molecule has 0 atom stereocenters. The maximum atomic E-state index is 12.5. The van der Waals surface area contributed by atoms with Gasteiger partial charge in [-0.15, -0.1) is 0 Å². The van der Waals surface area contributed by atoms with Gasteiger partial charge < -0.3 is 10.6 Å². The molecule has 0 aliphatic carbocycles. The fourth-order valence-corrected chi connectivity index (χ4v) is 2.67. The van der Waals surface area contributed by atoms with Gasteiger partial charge in [0.25, 0.3) is 5.91 Å². The summed E-state index contributed by atoms with van der Waals surface area (Å²) in [6, 6.07) is 17.3. The van der Waals surface area contributed by atoms with Crippen LogP contribution >= 0.6 is 11.6 Å². The van der Waals surface area contributed by atoms with Crippen LogP contribution in [0.5, 0.6) is 0 Å². The Bertz CT molecular complexity index is 924. The number of carbonyl (C=O) groups excluding carboxylic acids is 1. The fourth-order valence-electron chi connectivity index (χ4n) is 2.55. The summed E-state index contributed by atoms with van der Waals surface area (Å²) in [5.74, 6) is 0.921. The quantitative estimate of drug-likeness (QED) is 0.669. The molecule has 1 heterocycles. The Hall–Kier alpha value is -2.92. The van der Waals surface area contributed by atoms with Gasteiger partial charge >= 0.3 is 0 Å². The molecular weight excluding hydrogens is 360 g/mol. The number of anilines is 1. The van der Waals surface area contributed by atoms with Crippen molar-refractivity contribution in [2.45, 2.75) is 26.9 Å². The Morgan fingerprint density at radius 2 is 1.56 bits per heavy atom. The highest BCUT2D eigenvalue weighted by atomic mass is 35.5. The summed E-state index contributed by atoms with van der Waals surface area (Å²) in [5.41, 5.74) is 3.64. The van der Waals surface area contributed by atoms with Crippen LogP contribution in [0.25, 0.3) is 0 Å². The zero-order valence-corrected chi connectivity index (χ0v) is 16.0. The number of halogens is 1. The maximum Gasteiger partial charge on any atom is 0.270 e. The molecule has 2 N–H and O–H groups in total. The maximum absolute atomic E-state index is 12.5. The third kappa shape index (κ3) is 5.53. The molecule has 0 saturated carbocycles. The molecule has 0 aliphatic rings. The first-order chi connectivity index (χ1) is 13.0. The normalized spacial score (nSPS) is 10.5. The van der Waals surface area contributed by atoms with E-state index in [1.165, 1.54) is 5.56 Å². The van der Waals surface area contributed by atoms with Crippen LogP contribution in [0.3, 0.4) is 0 Å². The predicted octanol–water partition coefficient (Wildman–Crippen LogP) is 4.29. The molecule has 0 saturated heterocycles. The standard InChI is InChI=1S/C21H21ClN4O/c1-14-3-5-16(6-4-14)13-24-21(27)19-11-20(26-15(2)25-19)23-12-17-7-9-18(22)10-8-17/h3-11H,12-13H2,1-2H3,(H,24,27)(H,23,25,26). The Kier molecular flexibility index (Phi) is 6.04. The third-order valence-electron chi connectivity index (χ3n) is 4.03. The van der Waals surface area contributed by atoms with Gasteiger partial charge in [-0.3, -0.25) is 4.79 Å². The number of rotatable bonds is 6. The lowest BCUT2D eigenvalue weighted by Gasteiger charge is -2.10. The minimum Gasteiger partial charge on any atom is -0.366 e. The topological polar surface area (TPSA) is 66.9 Å². The van der Waals surface area contributed by atoms with Gasteiger partial charge in [0.15, 0.2) is 0 Å². The summed E-state index contributed by atoms with van der Waals surface area (Å²) in [4.78, 5) is 21.1. The molecule has 3 rings (SSSR count). The number of hydrogen-bond acceptors (Lipinski definition) is 4. The van der Waals surface area contributed by atoms with Crippen molar-refractivity contribution in [1.29, 1.82) is 0 Å². The van der Waals surface area contributed by atoms with E-state index in [9.17, 15) is 4.79 Å². The molecule has 6 heteroatoms. The second kappa shape index (κ2) is 8.64. The second-order valence-electron chi connectivity index (χ2n) is 6.33. The SMILES string of the molecule is Cc1ccc(CNC(=O)c2cc(NCc3ccc(Cl)cc3)nc(C)n2)cc1. The Morgan fingerprint density at radius 1 is 0.926 bits per heavy atom. The first kappa shape index (κ1) is 18.9. The highest BCUT2D eigenvalue weighted by Gasteiger charge is 2.10. The Balaban J connectivity index is 1.63. The molecule has 5 nitrogen and oxygen atoms in total. The van der Waals surface area contributed by atoms with E-state index in [2.05, 4.69) is 20.6 Å². The van der Waals surface area contributed by atoms with Gasteiger partial charge in [-0.1, -0.05) is 53.6 Å². The molecular formula is C21H21ClN4O. The summed E-state index contributed by atoms with van der Waals surface area (Å²) >= 11 is 5.90. The molecule has 0 spiro atoms. The van der Waals surface area contributed by atoms with Crippen molar-refractivity contribution in [3.8, 4) is 0 Å². The number of aromatic nitrogens is 2. The van der Waals surface area contributed by atoms with Crippen molar-refractivity contribution >= 4 is 23.3 Å². The zero-order valence-electron chi connectivity index (χ0n) is 15.3. The molecule has 0 unspecified atom stereocenters. The first-order valence-electron chi connectivity index (χ1n) is 8.67. The lowest BCUT2D eigenvalue weighted by molar-refractivity contribution is 0.0945. The van der Waals surface area contributed by atoms with E-state index in [-0.39, 0.29) is 5.91 Å². The van der Waals surface area contributed by atoms with E-state index < -0.39 is 0 Å². The van der Waals surface area contributed by atoms with Crippen molar-refractivity contribution < 1.29 is 4.79 Å². The third-order valence-corrected chi connectivity index (χ3v) is 4.28. The van der Waals surface area contributed by atoms with Gasteiger partial charge in [0.05, 0.1) is 0 Å². The number of aryl methyl sites for hydroxylation is 2. The van der Waals surface area contributed by atoms with E-state index >= 15 is 0 Å². The number of benzene rings is 2. The number of carbonyl (C=O) groups is 1. The number of nitrogens with zero attached hydrogens (tertiary/aromatic N) is 2. The minimum atomic E-state index is -0.226. The van der Waals surface area contributed by atoms with Crippen LogP contribution in [-0.2, 0) is 13.1 Å². The van der Waals surface area contributed by atoms with Crippen LogP contribution in [0, 0.1) is 13.8 Å². The van der Waals surface area contributed by atoms with Crippen LogP contribution in [0.1, 0.15) is 33.0 Å². The van der Waals surface area contributed by atoms with Gasteiger partial charge in [-0.2, -0.15) is 0 Å². The summed E-state index contributed by atoms with van der Waals surface area (Å²) in [6.45, 7) is 4.84.